The van der Waals surface area contributed by atoms with Crippen molar-refractivity contribution in [2.24, 2.45) is 5.73 Å². The van der Waals surface area contributed by atoms with Crippen LogP contribution in [0.25, 0.3) is 44.7 Å². The zero-order valence-electron chi connectivity index (χ0n) is 23.4. The second kappa shape index (κ2) is 11.4. The van der Waals surface area contributed by atoms with Crippen molar-refractivity contribution < 1.29 is 4.39 Å². The first-order valence-corrected chi connectivity index (χ1v) is 14.5. The van der Waals surface area contributed by atoms with Gasteiger partial charge in [-0.25, -0.2) is 9.37 Å². The van der Waals surface area contributed by atoms with Crippen LogP contribution in [0.5, 0.6) is 0 Å². The molecule has 2 aromatic heterocycles. The van der Waals surface area contributed by atoms with Crippen molar-refractivity contribution in [3.05, 3.63) is 120 Å². The van der Waals surface area contributed by atoms with Crippen molar-refractivity contribution in [2.75, 3.05) is 13.1 Å². The van der Waals surface area contributed by atoms with Crippen LogP contribution in [0.15, 0.2) is 103 Å². The summed E-state index contributed by atoms with van der Waals surface area (Å²) in [5.74, 6) is -0.256. The number of nitrogens with one attached hydrogen (secondary N) is 1. The number of benzene rings is 4. The Morgan fingerprint density at radius 2 is 1.57 bits per heavy atom. The highest BCUT2D eigenvalue weighted by atomic mass is 19.1. The minimum absolute atomic E-state index is 0.256. The van der Waals surface area contributed by atoms with Crippen molar-refractivity contribution in [1.29, 1.82) is 0 Å². The summed E-state index contributed by atoms with van der Waals surface area (Å²) in [5, 5.41) is 8.93. The highest BCUT2D eigenvalue weighted by molar-refractivity contribution is 5.97. The third-order valence-electron chi connectivity index (χ3n) is 8.44. The van der Waals surface area contributed by atoms with Gasteiger partial charge in [-0.1, -0.05) is 60.7 Å². The molecule has 0 radical (unpaired) electrons. The number of rotatable bonds is 7. The quantitative estimate of drug-likeness (QED) is 0.218. The van der Waals surface area contributed by atoms with E-state index in [0.717, 1.165) is 82.7 Å². The molecule has 0 amide bonds. The van der Waals surface area contributed by atoms with Crippen LogP contribution in [0.1, 0.15) is 30.0 Å². The predicted molar refractivity (Wildman–Crippen MR) is 166 cm³/mol. The number of imidazole rings is 1. The van der Waals surface area contributed by atoms with E-state index in [1.54, 1.807) is 0 Å². The number of likely N-dealkylation sites (tertiary alicyclic amines) is 1. The van der Waals surface area contributed by atoms with Gasteiger partial charge in [0, 0.05) is 54.3 Å². The summed E-state index contributed by atoms with van der Waals surface area (Å²) in [4.78, 5) is 7.45. The van der Waals surface area contributed by atoms with Gasteiger partial charge >= 0.3 is 0 Å². The largest absolute Gasteiger partial charge is 0.327 e. The van der Waals surface area contributed by atoms with Crippen molar-refractivity contribution in [3.63, 3.8) is 0 Å². The van der Waals surface area contributed by atoms with E-state index in [9.17, 15) is 4.39 Å². The first-order valence-electron chi connectivity index (χ1n) is 14.5. The van der Waals surface area contributed by atoms with Gasteiger partial charge in [-0.2, -0.15) is 5.10 Å². The maximum absolute atomic E-state index is 13.9. The maximum atomic E-state index is 13.9. The number of fused-ring (bicyclic) bond motifs is 1. The lowest BCUT2D eigenvalue weighted by atomic mass is 9.97. The Balaban J connectivity index is 1.28. The van der Waals surface area contributed by atoms with Crippen molar-refractivity contribution in [1.82, 2.24) is 24.6 Å². The van der Waals surface area contributed by atoms with Gasteiger partial charge in [0.15, 0.2) is 0 Å². The van der Waals surface area contributed by atoms with E-state index in [2.05, 4.69) is 69.2 Å². The molecule has 0 unspecified atom stereocenters. The Labute approximate surface area is 244 Å². The van der Waals surface area contributed by atoms with Crippen LogP contribution in [0.4, 0.5) is 4.39 Å². The molecule has 7 heteroatoms. The van der Waals surface area contributed by atoms with Crippen molar-refractivity contribution >= 4 is 10.9 Å². The number of hydrogen-bond donors (Lipinski definition) is 2. The molecule has 6 aromatic rings. The van der Waals surface area contributed by atoms with E-state index in [0.29, 0.717) is 12.6 Å². The summed E-state index contributed by atoms with van der Waals surface area (Å²) < 4.78 is 16.2. The van der Waals surface area contributed by atoms with Gasteiger partial charge in [-0.3, -0.25) is 10.00 Å². The Morgan fingerprint density at radius 1 is 0.833 bits per heavy atom. The highest BCUT2D eigenvalue weighted by Crippen LogP contribution is 2.39. The van der Waals surface area contributed by atoms with Gasteiger partial charge < -0.3 is 10.3 Å². The Kier molecular flexibility index (Phi) is 7.11. The van der Waals surface area contributed by atoms with Crippen LogP contribution in [0, 0.1) is 5.82 Å². The predicted octanol–water partition coefficient (Wildman–Crippen LogP) is 7.20. The van der Waals surface area contributed by atoms with Gasteiger partial charge in [-0.05, 0) is 60.4 Å². The second-order valence-electron chi connectivity index (χ2n) is 11.0. The molecule has 7 rings (SSSR count). The third kappa shape index (κ3) is 5.02. The van der Waals surface area contributed by atoms with Gasteiger partial charge in [0.1, 0.15) is 11.5 Å². The van der Waals surface area contributed by atoms with E-state index in [4.69, 9.17) is 15.8 Å². The van der Waals surface area contributed by atoms with E-state index in [-0.39, 0.29) is 5.82 Å². The standard InChI is InChI=1S/C35H33FN6/c36-28-13-10-25(11-14-28)33-35(42(23-38-33)29-16-18-41(19-17-29)22-24-6-2-1-3-7-24)26-12-15-32-31(20-26)34(40-39-32)30-9-5-4-8-27(30)21-37/h1-15,20,23,29H,16-19,21-22,37H2,(H,39,40). The molecule has 0 aliphatic carbocycles. The van der Waals surface area contributed by atoms with E-state index < -0.39 is 0 Å². The molecule has 0 bridgehead atoms. The molecular weight excluding hydrogens is 523 g/mol. The number of halogens is 1. The number of nitrogens with two attached hydrogens (primary N) is 1. The molecule has 3 N–H and O–H groups in total. The maximum Gasteiger partial charge on any atom is 0.123 e. The summed E-state index contributed by atoms with van der Waals surface area (Å²) in [6, 6.07) is 32.2. The number of aromatic amines is 1. The molecule has 4 aromatic carbocycles. The Morgan fingerprint density at radius 3 is 2.36 bits per heavy atom. The molecule has 1 fully saturated rings. The molecule has 42 heavy (non-hydrogen) atoms. The monoisotopic (exact) mass is 556 g/mol. The molecular formula is C35H33FN6. The van der Waals surface area contributed by atoms with Crippen molar-refractivity contribution in [2.45, 2.75) is 32.0 Å². The summed E-state index contributed by atoms with van der Waals surface area (Å²) in [5.41, 5.74) is 15.2. The van der Waals surface area contributed by atoms with Gasteiger partial charge in [0.2, 0.25) is 0 Å². The third-order valence-corrected chi connectivity index (χ3v) is 8.44. The molecule has 6 nitrogen and oxygen atoms in total. The molecule has 1 aliphatic heterocycles. The fraction of sp³-hybridized carbons (Fsp3) is 0.200. The van der Waals surface area contributed by atoms with Crippen LogP contribution in [0.3, 0.4) is 0 Å². The lowest BCUT2D eigenvalue weighted by Crippen LogP contribution is -2.34. The molecule has 1 aliphatic rings. The number of hydrogen-bond acceptors (Lipinski definition) is 4. The molecule has 1 saturated heterocycles. The topological polar surface area (TPSA) is 75.8 Å². The summed E-state index contributed by atoms with van der Waals surface area (Å²) in [6.45, 7) is 3.44. The van der Waals surface area contributed by atoms with Crippen LogP contribution in [-0.2, 0) is 13.1 Å². The smallest absolute Gasteiger partial charge is 0.123 e. The number of piperidine rings is 1. The summed E-state index contributed by atoms with van der Waals surface area (Å²) in [6.07, 6.45) is 4.03. The summed E-state index contributed by atoms with van der Waals surface area (Å²) in [7, 11) is 0. The van der Waals surface area contributed by atoms with Gasteiger partial charge in [0.25, 0.3) is 0 Å². The summed E-state index contributed by atoms with van der Waals surface area (Å²) >= 11 is 0. The lowest BCUT2D eigenvalue weighted by Gasteiger charge is -2.33. The fourth-order valence-electron chi connectivity index (χ4n) is 6.24. The lowest BCUT2D eigenvalue weighted by molar-refractivity contribution is 0.180. The molecule has 3 heterocycles. The Bertz CT molecular complexity index is 1810. The molecule has 210 valence electrons. The minimum atomic E-state index is -0.256. The normalized spacial score (nSPS) is 14.5. The second-order valence-corrected chi connectivity index (χ2v) is 11.0. The van der Waals surface area contributed by atoms with E-state index >= 15 is 0 Å². The van der Waals surface area contributed by atoms with Crippen LogP contribution < -0.4 is 5.73 Å². The first-order chi connectivity index (χ1) is 20.7. The van der Waals surface area contributed by atoms with Gasteiger partial charge in [-0.15, -0.1) is 0 Å². The molecule has 0 spiro atoms. The molecule has 0 atom stereocenters. The van der Waals surface area contributed by atoms with E-state index in [1.807, 2.05) is 36.7 Å². The number of aromatic nitrogens is 4. The minimum Gasteiger partial charge on any atom is -0.327 e. The average Bonchev–Trinajstić information content (AvgIpc) is 3.67. The first kappa shape index (κ1) is 26.3. The zero-order valence-corrected chi connectivity index (χ0v) is 23.4. The zero-order chi connectivity index (χ0) is 28.5. The fourth-order valence-corrected chi connectivity index (χ4v) is 6.24. The van der Waals surface area contributed by atoms with E-state index in [1.165, 1.54) is 17.7 Å². The molecule has 0 saturated carbocycles. The highest BCUT2D eigenvalue weighted by Gasteiger charge is 2.26. The van der Waals surface area contributed by atoms with Crippen molar-refractivity contribution in [3.8, 4) is 33.8 Å². The van der Waals surface area contributed by atoms with Crippen LogP contribution in [-0.4, -0.2) is 37.7 Å². The number of nitrogens with zero attached hydrogens (tertiary/aromatic N) is 4. The number of H-pyrrole nitrogens is 1. The van der Waals surface area contributed by atoms with Crippen LogP contribution >= 0.6 is 0 Å². The SMILES string of the molecule is NCc1ccccc1-c1n[nH]c2ccc(-c3c(-c4ccc(F)cc4)ncn3C3CCN(Cc4ccccc4)CC3)cc12. The van der Waals surface area contributed by atoms with Crippen LogP contribution in [0.2, 0.25) is 0 Å². The van der Waals surface area contributed by atoms with Gasteiger partial charge in [0.05, 0.1) is 23.2 Å². The average molecular weight is 557 g/mol. The Hall–Kier alpha value is -4.59.